The summed E-state index contributed by atoms with van der Waals surface area (Å²) < 4.78 is 0. The molecule has 1 saturated carbocycles. The van der Waals surface area contributed by atoms with E-state index in [1.54, 1.807) is 0 Å². The van der Waals surface area contributed by atoms with Gasteiger partial charge in [0.25, 0.3) is 0 Å². The van der Waals surface area contributed by atoms with Gasteiger partial charge in [0, 0.05) is 6.04 Å². The summed E-state index contributed by atoms with van der Waals surface area (Å²) in [6.07, 6.45) is 4.75. The summed E-state index contributed by atoms with van der Waals surface area (Å²) in [5.74, 6) is 0.159. The van der Waals surface area contributed by atoms with Crippen LogP contribution in [-0.2, 0) is 4.79 Å². The minimum absolute atomic E-state index is 0.159. The summed E-state index contributed by atoms with van der Waals surface area (Å²) in [7, 11) is 0. The number of hydrogen-bond acceptors (Lipinski definition) is 2. The van der Waals surface area contributed by atoms with E-state index in [1.165, 1.54) is 12.8 Å². The van der Waals surface area contributed by atoms with Gasteiger partial charge in [-0.1, -0.05) is 57.0 Å². The molecule has 0 aromatic heterocycles. The molecule has 0 heterocycles. The quantitative estimate of drug-likeness (QED) is 0.864. The van der Waals surface area contributed by atoms with Crippen molar-refractivity contribution >= 4 is 5.91 Å². The lowest BCUT2D eigenvalue weighted by Crippen LogP contribution is -2.43. The van der Waals surface area contributed by atoms with Crippen molar-refractivity contribution in [3.63, 3.8) is 0 Å². The van der Waals surface area contributed by atoms with Crippen molar-refractivity contribution in [3.05, 3.63) is 35.9 Å². The zero-order valence-electron chi connectivity index (χ0n) is 12.6. The summed E-state index contributed by atoms with van der Waals surface area (Å²) in [6.45, 7) is 5.99. The number of benzene rings is 1. The molecule has 0 aliphatic heterocycles. The van der Waals surface area contributed by atoms with Gasteiger partial charge < -0.3 is 5.32 Å². The molecule has 0 spiro atoms. The van der Waals surface area contributed by atoms with Gasteiger partial charge in [-0.3, -0.25) is 9.69 Å². The second-order valence-corrected chi connectivity index (χ2v) is 5.52. The van der Waals surface area contributed by atoms with E-state index in [1.807, 2.05) is 18.2 Å². The summed E-state index contributed by atoms with van der Waals surface area (Å²) in [5, 5.41) is 3.25. The van der Waals surface area contributed by atoms with Crippen molar-refractivity contribution in [3.8, 4) is 0 Å². The number of amides is 1. The second kappa shape index (κ2) is 7.44. The molecule has 3 heteroatoms. The Morgan fingerprint density at radius 2 is 1.80 bits per heavy atom. The van der Waals surface area contributed by atoms with E-state index in [2.05, 4.69) is 36.2 Å². The third-order valence-electron chi connectivity index (χ3n) is 4.24. The van der Waals surface area contributed by atoms with E-state index in [-0.39, 0.29) is 11.9 Å². The molecule has 1 aliphatic rings. The van der Waals surface area contributed by atoms with Crippen LogP contribution in [0, 0.1) is 0 Å². The predicted octanol–water partition coefficient (Wildman–Crippen LogP) is 3.13. The van der Waals surface area contributed by atoms with E-state index in [9.17, 15) is 4.79 Å². The van der Waals surface area contributed by atoms with Crippen molar-refractivity contribution in [2.45, 2.75) is 51.6 Å². The number of carbonyl (C=O) groups is 1. The standard InChI is InChI=1S/C17H26N2O/c1-3-19(4-2)16(14-10-6-5-7-11-14)17(20)18-15-12-8-9-13-15/h5-7,10-11,15-16H,3-4,8-9,12-13H2,1-2H3,(H,18,20)/t16-/m0/s1. The number of nitrogens with one attached hydrogen (secondary N) is 1. The van der Waals surface area contributed by atoms with Gasteiger partial charge in [0.15, 0.2) is 0 Å². The van der Waals surface area contributed by atoms with E-state index in [0.717, 1.165) is 31.5 Å². The van der Waals surface area contributed by atoms with Crippen LogP contribution < -0.4 is 5.32 Å². The van der Waals surface area contributed by atoms with Crippen LogP contribution in [-0.4, -0.2) is 29.9 Å². The number of likely N-dealkylation sites (N-methyl/N-ethyl adjacent to an activating group) is 1. The first-order valence-electron chi connectivity index (χ1n) is 7.85. The molecule has 1 amide bonds. The van der Waals surface area contributed by atoms with Crippen molar-refractivity contribution in [2.24, 2.45) is 0 Å². The summed E-state index contributed by atoms with van der Waals surface area (Å²) in [6, 6.07) is 10.3. The van der Waals surface area contributed by atoms with Gasteiger partial charge in [-0.05, 0) is 31.5 Å². The molecular weight excluding hydrogens is 248 g/mol. The van der Waals surface area contributed by atoms with Crippen LogP contribution in [0.15, 0.2) is 30.3 Å². The fraction of sp³-hybridized carbons (Fsp3) is 0.588. The Morgan fingerprint density at radius 1 is 1.20 bits per heavy atom. The van der Waals surface area contributed by atoms with E-state index in [4.69, 9.17) is 0 Å². The highest BCUT2D eigenvalue weighted by Gasteiger charge is 2.28. The summed E-state index contributed by atoms with van der Waals surface area (Å²) in [4.78, 5) is 14.9. The molecule has 1 N–H and O–H groups in total. The topological polar surface area (TPSA) is 32.3 Å². The molecule has 1 aliphatic carbocycles. The Bertz CT molecular complexity index is 408. The first-order chi connectivity index (χ1) is 9.76. The highest BCUT2D eigenvalue weighted by atomic mass is 16.2. The van der Waals surface area contributed by atoms with Crippen LogP contribution in [0.2, 0.25) is 0 Å². The number of rotatable bonds is 6. The van der Waals surface area contributed by atoms with Gasteiger partial charge in [-0.25, -0.2) is 0 Å². The molecule has 1 fully saturated rings. The highest BCUT2D eigenvalue weighted by Crippen LogP contribution is 2.23. The molecule has 1 aromatic carbocycles. The van der Waals surface area contributed by atoms with Gasteiger partial charge in [0.05, 0.1) is 0 Å². The van der Waals surface area contributed by atoms with Crippen LogP contribution in [0.5, 0.6) is 0 Å². The fourth-order valence-corrected chi connectivity index (χ4v) is 3.10. The van der Waals surface area contributed by atoms with Gasteiger partial charge in [-0.15, -0.1) is 0 Å². The molecule has 0 saturated heterocycles. The molecule has 3 nitrogen and oxygen atoms in total. The van der Waals surface area contributed by atoms with Crippen LogP contribution >= 0.6 is 0 Å². The zero-order chi connectivity index (χ0) is 14.4. The normalized spacial score (nSPS) is 17.4. The third kappa shape index (κ3) is 3.60. The molecule has 2 rings (SSSR count). The maximum absolute atomic E-state index is 12.7. The number of nitrogens with zero attached hydrogens (tertiary/aromatic N) is 1. The molecule has 1 aromatic rings. The molecular formula is C17H26N2O. The molecule has 0 unspecified atom stereocenters. The predicted molar refractivity (Wildman–Crippen MR) is 82.5 cm³/mol. The molecule has 0 radical (unpaired) electrons. The number of hydrogen-bond donors (Lipinski definition) is 1. The monoisotopic (exact) mass is 274 g/mol. The summed E-state index contributed by atoms with van der Waals surface area (Å²) >= 11 is 0. The second-order valence-electron chi connectivity index (χ2n) is 5.52. The zero-order valence-corrected chi connectivity index (χ0v) is 12.6. The van der Waals surface area contributed by atoms with Crippen molar-refractivity contribution in [1.82, 2.24) is 10.2 Å². The molecule has 20 heavy (non-hydrogen) atoms. The number of carbonyl (C=O) groups excluding carboxylic acids is 1. The minimum atomic E-state index is -0.160. The minimum Gasteiger partial charge on any atom is -0.352 e. The lowest BCUT2D eigenvalue weighted by Gasteiger charge is -2.30. The maximum Gasteiger partial charge on any atom is 0.242 e. The van der Waals surface area contributed by atoms with Crippen LogP contribution in [0.4, 0.5) is 0 Å². The molecule has 110 valence electrons. The smallest absolute Gasteiger partial charge is 0.242 e. The van der Waals surface area contributed by atoms with Crippen molar-refractivity contribution in [2.75, 3.05) is 13.1 Å². The fourth-order valence-electron chi connectivity index (χ4n) is 3.10. The SMILES string of the molecule is CCN(CC)[C@H](C(=O)NC1CCCC1)c1ccccc1. The summed E-state index contributed by atoms with van der Waals surface area (Å²) in [5.41, 5.74) is 1.09. The molecule has 1 atom stereocenters. The van der Waals surface area contributed by atoms with Gasteiger partial charge in [0.1, 0.15) is 6.04 Å². The van der Waals surface area contributed by atoms with Gasteiger partial charge in [-0.2, -0.15) is 0 Å². The van der Waals surface area contributed by atoms with Crippen molar-refractivity contribution in [1.29, 1.82) is 0 Å². The Morgan fingerprint density at radius 3 is 2.35 bits per heavy atom. The third-order valence-corrected chi connectivity index (χ3v) is 4.24. The van der Waals surface area contributed by atoms with Crippen LogP contribution in [0.1, 0.15) is 51.1 Å². The van der Waals surface area contributed by atoms with E-state index < -0.39 is 0 Å². The van der Waals surface area contributed by atoms with Crippen molar-refractivity contribution < 1.29 is 4.79 Å². The maximum atomic E-state index is 12.7. The average Bonchev–Trinajstić information content (AvgIpc) is 2.98. The van der Waals surface area contributed by atoms with Gasteiger partial charge >= 0.3 is 0 Å². The lowest BCUT2D eigenvalue weighted by atomic mass is 10.0. The Balaban J connectivity index is 2.14. The Hall–Kier alpha value is -1.35. The largest absolute Gasteiger partial charge is 0.352 e. The van der Waals surface area contributed by atoms with Crippen LogP contribution in [0.25, 0.3) is 0 Å². The molecule has 0 bridgehead atoms. The van der Waals surface area contributed by atoms with E-state index in [0.29, 0.717) is 6.04 Å². The Labute approximate surface area is 122 Å². The first kappa shape index (κ1) is 15.0. The van der Waals surface area contributed by atoms with Gasteiger partial charge in [0.2, 0.25) is 5.91 Å². The first-order valence-corrected chi connectivity index (χ1v) is 7.85. The Kier molecular flexibility index (Phi) is 5.60. The highest BCUT2D eigenvalue weighted by molar-refractivity contribution is 5.83. The lowest BCUT2D eigenvalue weighted by molar-refractivity contribution is -0.127. The van der Waals surface area contributed by atoms with E-state index >= 15 is 0 Å². The van der Waals surface area contributed by atoms with Crippen LogP contribution in [0.3, 0.4) is 0 Å². The average molecular weight is 274 g/mol.